The summed E-state index contributed by atoms with van der Waals surface area (Å²) >= 11 is 0. The van der Waals surface area contributed by atoms with E-state index in [9.17, 15) is 34.5 Å². The van der Waals surface area contributed by atoms with Gasteiger partial charge in [0.1, 0.15) is 23.9 Å². The maximum atomic E-state index is 12.7. The second kappa shape index (κ2) is 13.5. The molecule has 34 heavy (non-hydrogen) atoms. The van der Waals surface area contributed by atoms with Crippen LogP contribution in [0, 0.1) is 11.8 Å². The van der Waals surface area contributed by atoms with Crippen LogP contribution in [0.15, 0.2) is 24.3 Å². The lowest BCUT2D eigenvalue weighted by atomic mass is 10.00. The average Bonchev–Trinajstić information content (AvgIpc) is 2.75. The molecule has 11 nitrogen and oxygen atoms in total. The molecule has 3 amide bonds. The number of carbonyl (C=O) groups is 4. The van der Waals surface area contributed by atoms with Crippen LogP contribution in [0.3, 0.4) is 0 Å². The van der Waals surface area contributed by atoms with Gasteiger partial charge in [0.25, 0.3) is 0 Å². The molecule has 0 saturated carbocycles. The second-order valence-corrected chi connectivity index (χ2v) is 8.98. The van der Waals surface area contributed by atoms with Gasteiger partial charge in [-0.1, -0.05) is 39.8 Å². The number of aliphatic hydroxyl groups excluding tert-OH is 1. The van der Waals surface area contributed by atoms with Crippen molar-refractivity contribution < 1.29 is 34.5 Å². The Labute approximate surface area is 199 Å². The first-order chi connectivity index (χ1) is 15.8. The number of nitrogens with two attached hydrogens (primary N) is 1. The van der Waals surface area contributed by atoms with Crippen LogP contribution in [-0.4, -0.2) is 69.8 Å². The van der Waals surface area contributed by atoms with Crippen LogP contribution in [0.4, 0.5) is 0 Å². The molecule has 0 aromatic heterocycles. The summed E-state index contributed by atoms with van der Waals surface area (Å²) in [4.78, 5) is 49.3. The predicted molar refractivity (Wildman–Crippen MR) is 125 cm³/mol. The number of rotatable bonds is 13. The van der Waals surface area contributed by atoms with Gasteiger partial charge < -0.3 is 37.0 Å². The van der Waals surface area contributed by atoms with Crippen molar-refractivity contribution in [3.63, 3.8) is 0 Å². The molecule has 190 valence electrons. The van der Waals surface area contributed by atoms with E-state index in [0.29, 0.717) is 5.56 Å². The number of carboxylic acid groups (broad SMARTS) is 1. The number of phenols is 1. The topological polar surface area (TPSA) is 191 Å². The van der Waals surface area contributed by atoms with E-state index in [-0.39, 0.29) is 30.4 Å². The second-order valence-electron chi connectivity index (χ2n) is 8.98. The Morgan fingerprint density at radius 1 is 0.882 bits per heavy atom. The van der Waals surface area contributed by atoms with E-state index < -0.39 is 54.5 Å². The summed E-state index contributed by atoms with van der Waals surface area (Å²) in [7, 11) is 0. The molecule has 0 aliphatic carbocycles. The Bertz CT molecular complexity index is 842. The van der Waals surface area contributed by atoms with Gasteiger partial charge in [-0.2, -0.15) is 0 Å². The third-order valence-corrected chi connectivity index (χ3v) is 5.11. The summed E-state index contributed by atoms with van der Waals surface area (Å²) < 4.78 is 0. The van der Waals surface area contributed by atoms with E-state index in [4.69, 9.17) is 5.73 Å². The fourth-order valence-electron chi connectivity index (χ4n) is 3.19. The Morgan fingerprint density at radius 3 is 1.88 bits per heavy atom. The number of aliphatic hydroxyl groups is 1. The maximum absolute atomic E-state index is 12.7. The minimum atomic E-state index is -1.36. The number of hydrogen-bond acceptors (Lipinski definition) is 7. The molecule has 1 rings (SSSR count). The molecule has 0 spiro atoms. The molecule has 0 heterocycles. The van der Waals surface area contributed by atoms with Crippen LogP contribution in [0.2, 0.25) is 0 Å². The third kappa shape index (κ3) is 9.36. The summed E-state index contributed by atoms with van der Waals surface area (Å²) in [6, 6.07) is 1.54. The summed E-state index contributed by atoms with van der Waals surface area (Å²) in [5, 5.41) is 35.6. The van der Waals surface area contributed by atoms with Gasteiger partial charge in [-0.25, -0.2) is 4.79 Å². The number of amides is 3. The van der Waals surface area contributed by atoms with Crippen LogP contribution < -0.4 is 21.7 Å². The van der Waals surface area contributed by atoms with Gasteiger partial charge in [0.05, 0.1) is 12.6 Å². The van der Waals surface area contributed by atoms with Crippen molar-refractivity contribution in [3.05, 3.63) is 29.8 Å². The van der Waals surface area contributed by atoms with Crippen molar-refractivity contribution in [2.24, 2.45) is 17.6 Å². The van der Waals surface area contributed by atoms with Crippen molar-refractivity contribution in [3.8, 4) is 5.75 Å². The van der Waals surface area contributed by atoms with Crippen LogP contribution in [0.1, 0.15) is 39.7 Å². The van der Waals surface area contributed by atoms with Gasteiger partial charge in [0.15, 0.2) is 0 Å². The van der Waals surface area contributed by atoms with Crippen molar-refractivity contribution in [1.82, 2.24) is 16.0 Å². The standard InChI is InChI=1S/C23H36N4O7/c1-12(2)9-17(21(31)27-19(13(3)4)23(33)34)25-22(32)18(11-28)26-20(30)16(24)10-14-5-7-15(29)8-6-14/h5-8,12-13,16-19,28-29H,9-11,24H2,1-4H3,(H,25,32)(H,26,30)(H,27,31)(H,33,34). The molecule has 1 aromatic carbocycles. The monoisotopic (exact) mass is 480 g/mol. The number of carboxylic acids is 1. The molecule has 0 saturated heterocycles. The first-order valence-corrected chi connectivity index (χ1v) is 11.1. The predicted octanol–water partition coefficient (Wildman–Crippen LogP) is -0.505. The lowest BCUT2D eigenvalue weighted by molar-refractivity contribution is -0.143. The van der Waals surface area contributed by atoms with E-state index in [1.54, 1.807) is 26.0 Å². The molecule has 4 unspecified atom stereocenters. The average molecular weight is 481 g/mol. The van der Waals surface area contributed by atoms with Gasteiger partial charge in [-0.3, -0.25) is 14.4 Å². The zero-order valence-electron chi connectivity index (χ0n) is 19.9. The molecule has 11 heteroatoms. The first-order valence-electron chi connectivity index (χ1n) is 11.1. The molecular formula is C23H36N4O7. The summed E-state index contributed by atoms with van der Waals surface area (Å²) in [6.07, 6.45) is 0.352. The van der Waals surface area contributed by atoms with Crippen LogP contribution in [0.5, 0.6) is 5.75 Å². The highest BCUT2D eigenvalue weighted by atomic mass is 16.4. The van der Waals surface area contributed by atoms with E-state index in [1.165, 1.54) is 12.1 Å². The lowest BCUT2D eigenvalue weighted by Crippen LogP contribution is -2.58. The van der Waals surface area contributed by atoms with Gasteiger partial charge in [0.2, 0.25) is 17.7 Å². The largest absolute Gasteiger partial charge is 0.508 e. The first kappa shape index (κ1) is 28.9. The molecule has 4 atom stereocenters. The Kier molecular flexibility index (Phi) is 11.5. The minimum absolute atomic E-state index is 0.0146. The number of hydrogen-bond donors (Lipinski definition) is 7. The van der Waals surface area contributed by atoms with Gasteiger partial charge in [0, 0.05) is 0 Å². The zero-order valence-corrected chi connectivity index (χ0v) is 19.9. The number of phenolic OH excluding ortho intramolecular Hbond substituents is 1. The minimum Gasteiger partial charge on any atom is -0.508 e. The third-order valence-electron chi connectivity index (χ3n) is 5.11. The fraction of sp³-hybridized carbons (Fsp3) is 0.565. The SMILES string of the molecule is CC(C)CC(NC(=O)C(CO)NC(=O)C(N)Cc1ccc(O)cc1)C(=O)NC(C(=O)O)C(C)C. The van der Waals surface area contributed by atoms with E-state index in [2.05, 4.69) is 16.0 Å². The van der Waals surface area contributed by atoms with Crippen molar-refractivity contribution in [2.45, 2.75) is 64.7 Å². The summed E-state index contributed by atoms with van der Waals surface area (Å²) in [6.45, 7) is 6.22. The van der Waals surface area contributed by atoms with Crippen LogP contribution in [-0.2, 0) is 25.6 Å². The smallest absolute Gasteiger partial charge is 0.326 e. The molecule has 0 aliphatic heterocycles. The molecule has 8 N–H and O–H groups in total. The molecule has 0 bridgehead atoms. The van der Waals surface area contributed by atoms with Crippen molar-refractivity contribution in [2.75, 3.05) is 6.61 Å². The van der Waals surface area contributed by atoms with Crippen molar-refractivity contribution in [1.29, 1.82) is 0 Å². The number of benzene rings is 1. The number of carbonyl (C=O) groups excluding carboxylic acids is 3. The highest BCUT2D eigenvalue weighted by molar-refractivity contribution is 5.94. The Balaban J connectivity index is 2.83. The summed E-state index contributed by atoms with van der Waals surface area (Å²) in [5.74, 6) is -3.67. The fourth-order valence-corrected chi connectivity index (χ4v) is 3.19. The zero-order chi connectivity index (χ0) is 26.0. The summed E-state index contributed by atoms with van der Waals surface area (Å²) in [5.41, 5.74) is 6.60. The number of nitrogens with one attached hydrogen (secondary N) is 3. The molecular weight excluding hydrogens is 444 g/mol. The van der Waals surface area contributed by atoms with E-state index in [0.717, 1.165) is 0 Å². The quantitative estimate of drug-likeness (QED) is 0.196. The molecule has 0 aliphatic rings. The molecule has 1 aromatic rings. The maximum Gasteiger partial charge on any atom is 0.326 e. The van der Waals surface area contributed by atoms with Gasteiger partial charge >= 0.3 is 5.97 Å². The number of aromatic hydroxyl groups is 1. The Morgan fingerprint density at radius 2 is 1.41 bits per heavy atom. The molecule has 0 radical (unpaired) electrons. The molecule has 0 fully saturated rings. The van der Waals surface area contributed by atoms with Crippen LogP contribution >= 0.6 is 0 Å². The van der Waals surface area contributed by atoms with Crippen molar-refractivity contribution >= 4 is 23.7 Å². The lowest BCUT2D eigenvalue weighted by Gasteiger charge is -2.26. The van der Waals surface area contributed by atoms with E-state index in [1.807, 2.05) is 13.8 Å². The number of aliphatic carboxylic acids is 1. The normalized spacial score (nSPS) is 14.7. The van der Waals surface area contributed by atoms with Gasteiger partial charge in [-0.05, 0) is 42.4 Å². The highest BCUT2D eigenvalue weighted by Crippen LogP contribution is 2.11. The van der Waals surface area contributed by atoms with Crippen LogP contribution in [0.25, 0.3) is 0 Å². The highest BCUT2D eigenvalue weighted by Gasteiger charge is 2.31. The van der Waals surface area contributed by atoms with Gasteiger partial charge in [-0.15, -0.1) is 0 Å². The van der Waals surface area contributed by atoms with E-state index >= 15 is 0 Å². The Hall–Kier alpha value is -3.18.